The molecule has 0 spiro atoms. The molecule has 0 aromatic carbocycles. The molecule has 0 aromatic rings. The fourth-order valence-corrected chi connectivity index (χ4v) is 2.90. The predicted molar refractivity (Wildman–Crippen MR) is 60.1 cm³/mol. The number of fused-ring (bicyclic) bond motifs is 1. The highest BCUT2D eigenvalue weighted by molar-refractivity contribution is 5.32. The Balaban J connectivity index is 2.22. The number of nitrogens with two attached hydrogens (primary N) is 1. The van der Waals surface area contributed by atoms with Crippen molar-refractivity contribution in [2.45, 2.75) is 45.6 Å². The van der Waals surface area contributed by atoms with Crippen LogP contribution in [0.25, 0.3) is 0 Å². The fraction of sp³-hybridized carbons (Fsp3) is 0.692. The molecule has 78 valence electrons. The molecule has 2 aliphatic rings. The number of hydrogen-bond acceptors (Lipinski definition) is 0. The Kier molecular flexibility index (Phi) is 3.07. The molecule has 1 fully saturated rings. The van der Waals surface area contributed by atoms with Crippen molar-refractivity contribution < 1.29 is 5.32 Å². The Morgan fingerprint density at radius 2 is 2.36 bits per heavy atom. The molecule has 1 aliphatic carbocycles. The monoisotopic (exact) mass is 192 g/mol. The van der Waals surface area contributed by atoms with Crippen molar-refractivity contribution in [3.63, 3.8) is 0 Å². The van der Waals surface area contributed by atoms with E-state index in [2.05, 4.69) is 31.3 Å². The van der Waals surface area contributed by atoms with Gasteiger partial charge in [-0.05, 0) is 25.3 Å². The molecule has 1 nitrogen and oxygen atoms in total. The van der Waals surface area contributed by atoms with Crippen molar-refractivity contribution >= 4 is 0 Å². The molecule has 0 radical (unpaired) electrons. The zero-order valence-corrected chi connectivity index (χ0v) is 9.42. The van der Waals surface area contributed by atoms with Crippen LogP contribution >= 0.6 is 0 Å². The molecule has 1 heterocycles. The third-order valence-electron chi connectivity index (χ3n) is 3.68. The first-order chi connectivity index (χ1) is 6.83. The molecule has 0 bridgehead atoms. The van der Waals surface area contributed by atoms with E-state index in [0.29, 0.717) is 0 Å². The number of piperidine rings is 1. The smallest absolute Gasteiger partial charge is 0.0900 e. The van der Waals surface area contributed by atoms with Crippen molar-refractivity contribution in [1.82, 2.24) is 0 Å². The van der Waals surface area contributed by atoms with E-state index in [9.17, 15) is 0 Å². The second kappa shape index (κ2) is 4.31. The number of allylic oxidation sites excluding steroid dienone is 3. The standard InChI is InChI=1S/C13H21N/c1-3-5-11-6-4-7-12-10(2)14-9-8-13(11)12/h4,6,10,12,14H,3,5,7-9H2,1-2H3/p+1. The van der Waals surface area contributed by atoms with Crippen LogP contribution in [-0.4, -0.2) is 12.6 Å². The number of hydrogen-bond donors (Lipinski definition) is 1. The van der Waals surface area contributed by atoms with Crippen molar-refractivity contribution in [1.29, 1.82) is 0 Å². The van der Waals surface area contributed by atoms with Gasteiger partial charge in [-0.1, -0.05) is 31.1 Å². The first kappa shape index (κ1) is 9.97. The lowest BCUT2D eigenvalue weighted by molar-refractivity contribution is -0.697. The van der Waals surface area contributed by atoms with Gasteiger partial charge < -0.3 is 5.32 Å². The molecule has 2 atom stereocenters. The molecule has 1 saturated heterocycles. The van der Waals surface area contributed by atoms with E-state index in [4.69, 9.17) is 0 Å². The Morgan fingerprint density at radius 3 is 3.14 bits per heavy atom. The Labute approximate surface area is 87.3 Å². The normalized spacial score (nSPS) is 31.9. The van der Waals surface area contributed by atoms with Gasteiger partial charge in [0.25, 0.3) is 0 Å². The summed E-state index contributed by atoms with van der Waals surface area (Å²) >= 11 is 0. The molecule has 14 heavy (non-hydrogen) atoms. The van der Waals surface area contributed by atoms with E-state index >= 15 is 0 Å². The highest BCUT2D eigenvalue weighted by atomic mass is 14.9. The largest absolute Gasteiger partial charge is 0.343 e. The Bertz CT molecular complexity index is 262. The van der Waals surface area contributed by atoms with Crippen LogP contribution in [0.3, 0.4) is 0 Å². The first-order valence-electron chi connectivity index (χ1n) is 6.04. The minimum atomic E-state index is 0.801. The van der Waals surface area contributed by atoms with Gasteiger partial charge >= 0.3 is 0 Å². The molecular formula is C13H22N+. The Morgan fingerprint density at radius 1 is 1.50 bits per heavy atom. The predicted octanol–water partition coefficient (Wildman–Crippen LogP) is 2.01. The van der Waals surface area contributed by atoms with Gasteiger partial charge in [0, 0.05) is 12.3 Å². The van der Waals surface area contributed by atoms with Crippen LogP contribution in [0.1, 0.15) is 39.5 Å². The molecule has 0 amide bonds. The van der Waals surface area contributed by atoms with E-state index in [1.165, 1.54) is 32.2 Å². The van der Waals surface area contributed by atoms with Gasteiger partial charge in [0.1, 0.15) is 0 Å². The molecule has 0 saturated carbocycles. The van der Waals surface area contributed by atoms with Crippen molar-refractivity contribution in [2.75, 3.05) is 6.54 Å². The average Bonchev–Trinajstić information content (AvgIpc) is 2.20. The maximum Gasteiger partial charge on any atom is 0.0900 e. The molecule has 0 aromatic heterocycles. The van der Waals surface area contributed by atoms with Gasteiger partial charge in [-0.15, -0.1) is 0 Å². The summed E-state index contributed by atoms with van der Waals surface area (Å²) < 4.78 is 0. The summed E-state index contributed by atoms with van der Waals surface area (Å²) in [5.74, 6) is 0.843. The summed E-state index contributed by atoms with van der Waals surface area (Å²) in [6, 6.07) is 0.801. The minimum Gasteiger partial charge on any atom is -0.343 e. The summed E-state index contributed by atoms with van der Waals surface area (Å²) in [6.07, 6.45) is 9.94. The highest BCUT2D eigenvalue weighted by Crippen LogP contribution is 2.32. The summed E-state index contributed by atoms with van der Waals surface area (Å²) in [6.45, 7) is 5.96. The lowest BCUT2D eigenvalue weighted by Gasteiger charge is -2.33. The summed E-state index contributed by atoms with van der Waals surface area (Å²) in [4.78, 5) is 0. The van der Waals surface area contributed by atoms with Crippen LogP contribution in [0, 0.1) is 5.92 Å². The minimum absolute atomic E-state index is 0.801. The topological polar surface area (TPSA) is 16.6 Å². The SMILES string of the molecule is CCCC1=C2CC[NH2+]C(C)C2CC=C1. The van der Waals surface area contributed by atoms with Gasteiger partial charge in [0.2, 0.25) is 0 Å². The van der Waals surface area contributed by atoms with Gasteiger partial charge in [0.05, 0.1) is 12.6 Å². The lowest BCUT2D eigenvalue weighted by atomic mass is 9.78. The van der Waals surface area contributed by atoms with Crippen LogP contribution in [0.5, 0.6) is 0 Å². The van der Waals surface area contributed by atoms with Crippen LogP contribution in [0.4, 0.5) is 0 Å². The maximum atomic E-state index is 2.51. The highest BCUT2D eigenvalue weighted by Gasteiger charge is 2.30. The van der Waals surface area contributed by atoms with Gasteiger partial charge in [-0.3, -0.25) is 0 Å². The summed E-state index contributed by atoms with van der Waals surface area (Å²) in [5.41, 5.74) is 3.44. The molecule has 2 unspecified atom stereocenters. The number of quaternary nitrogens is 1. The molecule has 1 heteroatoms. The van der Waals surface area contributed by atoms with E-state index in [1.54, 1.807) is 11.1 Å². The number of rotatable bonds is 2. The average molecular weight is 192 g/mol. The van der Waals surface area contributed by atoms with Crippen LogP contribution in [-0.2, 0) is 0 Å². The summed E-state index contributed by atoms with van der Waals surface area (Å²) in [7, 11) is 0. The molecule has 2 N–H and O–H groups in total. The van der Waals surface area contributed by atoms with Gasteiger partial charge in [0.15, 0.2) is 0 Å². The van der Waals surface area contributed by atoms with Crippen molar-refractivity contribution in [2.24, 2.45) is 5.92 Å². The zero-order chi connectivity index (χ0) is 9.97. The second-order valence-corrected chi connectivity index (χ2v) is 4.68. The van der Waals surface area contributed by atoms with Crippen LogP contribution in [0.15, 0.2) is 23.3 Å². The van der Waals surface area contributed by atoms with Crippen LogP contribution in [0.2, 0.25) is 0 Å². The molecule has 2 rings (SSSR count). The summed E-state index contributed by atoms with van der Waals surface area (Å²) in [5, 5.41) is 2.51. The molecular weight excluding hydrogens is 170 g/mol. The van der Waals surface area contributed by atoms with Crippen molar-refractivity contribution in [3.05, 3.63) is 23.3 Å². The third kappa shape index (κ3) is 1.78. The van der Waals surface area contributed by atoms with Gasteiger partial charge in [-0.2, -0.15) is 0 Å². The second-order valence-electron chi connectivity index (χ2n) is 4.68. The fourth-order valence-electron chi connectivity index (χ4n) is 2.90. The van der Waals surface area contributed by atoms with Crippen molar-refractivity contribution in [3.8, 4) is 0 Å². The molecule has 1 aliphatic heterocycles. The van der Waals surface area contributed by atoms with E-state index in [-0.39, 0.29) is 0 Å². The van der Waals surface area contributed by atoms with E-state index < -0.39 is 0 Å². The Hall–Kier alpha value is -0.560. The van der Waals surface area contributed by atoms with E-state index in [1.807, 2.05) is 0 Å². The zero-order valence-electron chi connectivity index (χ0n) is 9.42. The lowest BCUT2D eigenvalue weighted by Crippen LogP contribution is -2.92. The van der Waals surface area contributed by atoms with Crippen LogP contribution < -0.4 is 5.32 Å². The van der Waals surface area contributed by atoms with Gasteiger partial charge in [-0.25, -0.2) is 0 Å². The maximum absolute atomic E-state index is 2.51. The quantitative estimate of drug-likeness (QED) is 0.689. The first-order valence-corrected chi connectivity index (χ1v) is 6.04. The van der Waals surface area contributed by atoms with E-state index in [0.717, 1.165) is 12.0 Å². The third-order valence-corrected chi connectivity index (χ3v) is 3.68.